The number of aromatic nitrogens is 2. The van der Waals surface area contributed by atoms with Gasteiger partial charge < -0.3 is 5.32 Å². The fourth-order valence-electron chi connectivity index (χ4n) is 4.00. The number of hydrogen-bond donors (Lipinski definition) is 1. The fourth-order valence-corrected chi connectivity index (χ4v) is 5.41. The lowest BCUT2D eigenvalue weighted by Gasteiger charge is -2.30. The lowest BCUT2D eigenvalue weighted by molar-refractivity contribution is 0.102. The number of nitrogens with zero attached hydrogens (tertiary/aromatic N) is 3. The Labute approximate surface area is 192 Å². The normalized spacial score (nSPS) is 14.8. The van der Waals surface area contributed by atoms with Gasteiger partial charge in [-0.1, -0.05) is 37.5 Å². The van der Waals surface area contributed by atoms with Crippen molar-refractivity contribution in [1.82, 2.24) is 14.1 Å². The zero-order valence-corrected chi connectivity index (χ0v) is 19.2. The van der Waals surface area contributed by atoms with E-state index in [-0.39, 0.29) is 22.2 Å². The van der Waals surface area contributed by atoms with Gasteiger partial charge >= 0.3 is 0 Å². The highest BCUT2D eigenvalue weighted by atomic mass is 32.2. The van der Waals surface area contributed by atoms with Crippen molar-refractivity contribution in [2.24, 2.45) is 0 Å². The minimum absolute atomic E-state index is 0.0227. The molecule has 0 unspecified atom stereocenters. The molecule has 0 radical (unpaired) electrons. The van der Waals surface area contributed by atoms with Crippen LogP contribution in [-0.4, -0.2) is 41.5 Å². The van der Waals surface area contributed by atoms with Crippen molar-refractivity contribution in [1.29, 1.82) is 0 Å². The Balaban J connectivity index is 1.49. The Kier molecular flexibility index (Phi) is 6.71. The number of hydrogen-bond acceptors (Lipinski definition) is 5. The molecule has 172 valence electrons. The molecule has 33 heavy (non-hydrogen) atoms. The summed E-state index contributed by atoms with van der Waals surface area (Å²) in [6.45, 7) is 0. The van der Waals surface area contributed by atoms with Crippen molar-refractivity contribution in [3.05, 3.63) is 82.8 Å². The quantitative estimate of drug-likeness (QED) is 0.600. The molecular formula is C24H26N4O4S. The monoisotopic (exact) mass is 466 g/mol. The van der Waals surface area contributed by atoms with Crippen LogP contribution in [0.1, 0.15) is 42.6 Å². The summed E-state index contributed by atoms with van der Waals surface area (Å²) in [5.41, 5.74) is 0.689. The molecule has 4 rings (SSSR count). The van der Waals surface area contributed by atoms with Gasteiger partial charge in [-0.2, -0.15) is 14.1 Å². The molecule has 0 aliphatic heterocycles. The van der Waals surface area contributed by atoms with Gasteiger partial charge in [0.2, 0.25) is 10.0 Å². The molecule has 9 heteroatoms. The number of rotatable bonds is 6. The summed E-state index contributed by atoms with van der Waals surface area (Å²) >= 11 is 0. The molecule has 1 aliphatic carbocycles. The van der Waals surface area contributed by atoms with Crippen LogP contribution in [0.3, 0.4) is 0 Å². The van der Waals surface area contributed by atoms with Gasteiger partial charge in [0.15, 0.2) is 0 Å². The van der Waals surface area contributed by atoms with Crippen LogP contribution in [-0.2, 0) is 10.0 Å². The summed E-state index contributed by atoms with van der Waals surface area (Å²) in [6.07, 6.45) is 4.99. The molecule has 8 nitrogen and oxygen atoms in total. The molecule has 3 aromatic rings. The van der Waals surface area contributed by atoms with Crippen molar-refractivity contribution in [2.75, 3.05) is 12.4 Å². The topological polar surface area (TPSA) is 101 Å². The van der Waals surface area contributed by atoms with E-state index in [1.165, 1.54) is 28.6 Å². The zero-order valence-electron chi connectivity index (χ0n) is 18.3. The van der Waals surface area contributed by atoms with Gasteiger partial charge in [0.25, 0.3) is 11.5 Å². The number of sulfonamides is 1. The Morgan fingerprint density at radius 2 is 1.64 bits per heavy atom. The Morgan fingerprint density at radius 1 is 0.970 bits per heavy atom. The summed E-state index contributed by atoms with van der Waals surface area (Å²) < 4.78 is 28.6. The molecule has 1 N–H and O–H groups in total. The highest BCUT2D eigenvalue weighted by molar-refractivity contribution is 7.89. The van der Waals surface area contributed by atoms with E-state index in [0.717, 1.165) is 36.8 Å². The Morgan fingerprint density at radius 3 is 2.30 bits per heavy atom. The molecule has 1 saturated carbocycles. The summed E-state index contributed by atoms with van der Waals surface area (Å²) in [5, 5.41) is 6.86. The summed E-state index contributed by atoms with van der Waals surface area (Å²) in [4.78, 5) is 25.0. The van der Waals surface area contributed by atoms with Gasteiger partial charge in [0.1, 0.15) is 5.69 Å². The van der Waals surface area contributed by atoms with E-state index >= 15 is 0 Å². The highest BCUT2D eigenvalue weighted by Crippen LogP contribution is 2.27. The lowest BCUT2D eigenvalue weighted by atomic mass is 9.96. The molecule has 1 aliphatic rings. The maximum atomic E-state index is 13.0. The third kappa shape index (κ3) is 5.04. The first kappa shape index (κ1) is 22.9. The van der Waals surface area contributed by atoms with Crippen LogP contribution >= 0.6 is 0 Å². The van der Waals surface area contributed by atoms with Crippen LogP contribution in [0.25, 0.3) is 5.69 Å². The molecule has 0 saturated heterocycles. The van der Waals surface area contributed by atoms with Gasteiger partial charge in [-0.3, -0.25) is 9.59 Å². The second kappa shape index (κ2) is 9.68. The van der Waals surface area contributed by atoms with E-state index in [0.29, 0.717) is 11.4 Å². The number of benzene rings is 2. The SMILES string of the molecule is CN(C1CCCCC1)S(=O)(=O)c1ccc(NC(=O)c2ccc(=O)n(-c3ccccc3)n2)cc1. The second-order valence-electron chi connectivity index (χ2n) is 8.10. The number of amides is 1. The van der Waals surface area contributed by atoms with Crippen molar-refractivity contribution < 1.29 is 13.2 Å². The fraction of sp³-hybridized carbons (Fsp3) is 0.292. The van der Waals surface area contributed by atoms with Gasteiger partial charge in [-0.15, -0.1) is 0 Å². The first-order valence-corrected chi connectivity index (χ1v) is 12.4. The molecule has 1 fully saturated rings. The van der Waals surface area contributed by atoms with Crippen LogP contribution in [0.15, 0.2) is 76.4 Å². The smallest absolute Gasteiger partial charge is 0.276 e. The Hall–Kier alpha value is -3.30. The predicted molar refractivity (Wildman–Crippen MR) is 126 cm³/mol. The molecule has 0 bridgehead atoms. The van der Waals surface area contributed by atoms with Crippen molar-refractivity contribution in [3.8, 4) is 5.69 Å². The summed E-state index contributed by atoms with van der Waals surface area (Å²) in [7, 11) is -1.97. The third-order valence-electron chi connectivity index (χ3n) is 5.91. The maximum absolute atomic E-state index is 13.0. The van der Waals surface area contributed by atoms with Crippen LogP contribution in [0.4, 0.5) is 5.69 Å². The average Bonchev–Trinajstić information content (AvgIpc) is 2.85. The van der Waals surface area contributed by atoms with Gasteiger partial charge in [0.05, 0.1) is 10.6 Å². The Bertz CT molecular complexity index is 1280. The first-order valence-electron chi connectivity index (χ1n) is 10.9. The maximum Gasteiger partial charge on any atom is 0.276 e. The number of anilines is 1. The lowest BCUT2D eigenvalue weighted by Crippen LogP contribution is -2.38. The number of para-hydroxylation sites is 1. The van der Waals surface area contributed by atoms with Crippen LogP contribution < -0.4 is 10.9 Å². The minimum atomic E-state index is -3.61. The molecule has 0 spiro atoms. The standard InChI is InChI=1S/C24H26N4O4S/c1-27(19-8-4-2-5-9-19)33(31,32)21-14-12-18(13-15-21)25-24(30)22-16-17-23(29)28(26-22)20-10-6-3-7-11-20/h3,6-7,10-17,19H,2,4-5,8-9H2,1H3,(H,25,30). The zero-order chi connectivity index (χ0) is 23.4. The van der Waals surface area contributed by atoms with Crippen LogP contribution in [0.5, 0.6) is 0 Å². The minimum Gasteiger partial charge on any atom is -0.321 e. The molecule has 0 atom stereocenters. The van der Waals surface area contributed by atoms with Crippen LogP contribution in [0, 0.1) is 0 Å². The van der Waals surface area contributed by atoms with E-state index in [1.54, 1.807) is 43.4 Å². The van der Waals surface area contributed by atoms with E-state index in [2.05, 4.69) is 10.4 Å². The average molecular weight is 467 g/mol. The first-order chi connectivity index (χ1) is 15.9. The van der Waals surface area contributed by atoms with Gasteiger partial charge in [-0.25, -0.2) is 8.42 Å². The van der Waals surface area contributed by atoms with Crippen molar-refractivity contribution in [2.45, 2.75) is 43.0 Å². The van der Waals surface area contributed by atoms with E-state index < -0.39 is 15.9 Å². The van der Waals surface area contributed by atoms with Gasteiger partial charge in [0, 0.05) is 24.8 Å². The molecule has 1 aromatic heterocycles. The van der Waals surface area contributed by atoms with Crippen molar-refractivity contribution >= 4 is 21.6 Å². The summed E-state index contributed by atoms with van der Waals surface area (Å²) in [5.74, 6) is -0.505. The molecule has 1 heterocycles. The number of carbonyl (C=O) groups is 1. The van der Waals surface area contributed by atoms with E-state index in [1.807, 2.05) is 6.07 Å². The third-order valence-corrected chi connectivity index (χ3v) is 7.84. The number of nitrogens with one attached hydrogen (secondary N) is 1. The second-order valence-corrected chi connectivity index (χ2v) is 10.1. The predicted octanol–water partition coefficient (Wildman–Crippen LogP) is 3.44. The van der Waals surface area contributed by atoms with Gasteiger partial charge in [-0.05, 0) is 55.3 Å². The van der Waals surface area contributed by atoms with E-state index in [9.17, 15) is 18.0 Å². The summed E-state index contributed by atoms with van der Waals surface area (Å²) in [6, 6.07) is 17.6. The van der Waals surface area contributed by atoms with Crippen LogP contribution in [0.2, 0.25) is 0 Å². The largest absolute Gasteiger partial charge is 0.321 e. The molecule has 2 aromatic carbocycles. The molecule has 1 amide bonds. The highest BCUT2D eigenvalue weighted by Gasteiger charge is 2.29. The molecular weight excluding hydrogens is 440 g/mol. The van der Waals surface area contributed by atoms with Crippen molar-refractivity contribution in [3.63, 3.8) is 0 Å². The number of carbonyl (C=O) groups excluding carboxylic acids is 1. The van der Waals surface area contributed by atoms with E-state index in [4.69, 9.17) is 0 Å².